The van der Waals surface area contributed by atoms with E-state index in [-0.39, 0.29) is 17.1 Å². The molecule has 0 saturated carbocycles. The average Bonchev–Trinajstić information content (AvgIpc) is 2.45. The molecule has 0 aliphatic carbocycles. The third-order valence-electron chi connectivity index (χ3n) is 3.39. The van der Waals surface area contributed by atoms with Crippen molar-refractivity contribution in [3.63, 3.8) is 0 Å². The highest BCUT2D eigenvalue weighted by Crippen LogP contribution is 2.30. The van der Waals surface area contributed by atoms with Gasteiger partial charge in [0.25, 0.3) is 0 Å². The minimum absolute atomic E-state index is 0.107. The summed E-state index contributed by atoms with van der Waals surface area (Å²) in [5.41, 5.74) is 0. The van der Waals surface area contributed by atoms with Crippen molar-refractivity contribution in [3.05, 3.63) is 22.7 Å². The number of halogens is 1. The van der Waals surface area contributed by atoms with Crippen LogP contribution in [0.4, 0.5) is 0 Å². The van der Waals surface area contributed by atoms with Gasteiger partial charge in [0.15, 0.2) is 0 Å². The van der Waals surface area contributed by atoms with Crippen molar-refractivity contribution in [3.8, 4) is 5.75 Å². The van der Waals surface area contributed by atoms with Crippen LogP contribution in [0.5, 0.6) is 5.75 Å². The van der Waals surface area contributed by atoms with E-state index < -0.39 is 10.0 Å². The van der Waals surface area contributed by atoms with E-state index in [9.17, 15) is 8.42 Å². The number of sulfonamides is 1. The molecule has 0 unspecified atom stereocenters. The van der Waals surface area contributed by atoms with Crippen molar-refractivity contribution >= 4 is 26.0 Å². The molecule has 22 heavy (non-hydrogen) atoms. The summed E-state index contributed by atoms with van der Waals surface area (Å²) in [6, 6.07) is 4.90. The summed E-state index contributed by atoms with van der Waals surface area (Å²) in [5.74, 6) is 0.553. The summed E-state index contributed by atoms with van der Waals surface area (Å²) in [7, 11) is -3.54. The first kappa shape index (κ1) is 17.7. The predicted molar refractivity (Wildman–Crippen MR) is 88.7 cm³/mol. The fraction of sp³-hybridized carbons (Fsp3) is 0.600. The Hall–Kier alpha value is -0.630. The van der Waals surface area contributed by atoms with Crippen LogP contribution in [0.3, 0.4) is 0 Å². The molecular formula is C15H22BrNO4S. The molecule has 0 aromatic heterocycles. The van der Waals surface area contributed by atoms with Gasteiger partial charge in [0, 0.05) is 19.2 Å². The van der Waals surface area contributed by atoms with Crippen LogP contribution < -0.4 is 4.74 Å². The Labute approximate surface area is 140 Å². The predicted octanol–water partition coefficient (Wildman–Crippen LogP) is 3.04. The van der Waals surface area contributed by atoms with Crippen molar-refractivity contribution in [2.75, 3.05) is 19.7 Å². The van der Waals surface area contributed by atoms with Crippen molar-refractivity contribution in [2.45, 2.75) is 44.3 Å². The summed E-state index contributed by atoms with van der Waals surface area (Å²) in [6.07, 6.45) is 0.650. The van der Waals surface area contributed by atoms with Crippen LogP contribution in [0.2, 0.25) is 0 Å². The molecule has 1 aromatic rings. The first-order valence-electron chi connectivity index (χ1n) is 7.42. The minimum atomic E-state index is -3.54. The maximum atomic E-state index is 12.8. The molecule has 2 rings (SSSR count). The van der Waals surface area contributed by atoms with Gasteiger partial charge in [0.1, 0.15) is 5.75 Å². The topological polar surface area (TPSA) is 55.8 Å². The number of nitrogens with zero attached hydrogens (tertiary/aromatic N) is 1. The number of ether oxygens (including phenoxy) is 2. The van der Waals surface area contributed by atoms with Gasteiger partial charge in [-0.15, -0.1) is 0 Å². The SMILES string of the molecule is CCCOc1cc(S(=O)(=O)N2C[C@@H](C)O[C@@H](C)C2)ccc1Br. The number of hydrogen-bond acceptors (Lipinski definition) is 4. The molecule has 5 nitrogen and oxygen atoms in total. The maximum absolute atomic E-state index is 12.8. The van der Waals surface area contributed by atoms with Crippen LogP contribution in [-0.4, -0.2) is 44.6 Å². The van der Waals surface area contributed by atoms with Gasteiger partial charge < -0.3 is 9.47 Å². The van der Waals surface area contributed by atoms with Gasteiger partial charge in [-0.3, -0.25) is 0 Å². The molecule has 124 valence electrons. The maximum Gasteiger partial charge on any atom is 0.243 e. The zero-order valence-electron chi connectivity index (χ0n) is 13.1. The smallest absolute Gasteiger partial charge is 0.243 e. The number of hydrogen-bond donors (Lipinski definition) is 0. The second kappa shape index (κ2) is 7.29. The molecule has 1 saturated heterocycles. The van der Waals surface area contributed by atoms with Crippen LogP contribution in [0.25, 0.3) is 0 Å². The molecule has 0 spiro atoms. The van der Waals surface area contributed by atoms with Gasteiger partial charge in [0.05, 0.1) is 28.2 Å². The van der Waals surface area contributed by atoms with E-state index in [0.717, 1.165) is 10.9 Å². The number of benzene rings is 1. The van der Waals surface area contributed by atoms with E-state index >= 15 is 0 Å². The first-order valence-corrected chi connectivity index (χ1v) is 9.66. The highest BCUT2D eigenvalue weighted by molar-refractivity contribution is 9.10. The van der Waals surface area contributed by atoms with Crippen molar-refractivity contribution < 1.29 is 17.9 Å². The fourth-order valence-corrected chi connectivity index (χ4v) is 4.41. The van der Waals surface area contributed by atoms with Gasteiger partial charge in [-0.05, 0) is 48.3 Å². The Kier molecular flexibility index (Phi) is 5.87. The molecule has 1 heterocycles. The number of rotatable bonds is 5. The third kappa shape index (κ3) is 4.01. The summed E-state index contributed by atoms with van der Waals surface area (Å²) >= 11 is 3.39. The summed E-state index contributed by atoms with van der Waals surface area (Å²) < 4.78 is 39.1. The van der Waals surface area contributed by atoms with Crippen LogP contribution >= 0.6 is 15.9 Å². The van der Waals surface area contributed by atoms with E-state index in [0.29, 0.717) is 25.4 Å². The first-order chi connectivity index (χ1) is 10.3. The molecule has 0 radical (unpaired) electrons. The zero-order valence-corrected chi connectivity index (χ0v) is 15.5. The molecule has 7 heteroatoms. The molecule has 1 aliphatic heterocycles. The Morgan fingerprint density at radius 2 is 1.95 bits per heavy atom. The lowest BCUT2D eigenvalue weighted by Crippen LogP contribution is -2.48. The molecule has 0 N–H and O–H groups in total. The van der Waals surface area contributed by atoms with E-state index in [1.54, 1.807) is 18.2 Å². The van der Waals surface area contributed by atoms with Crippen molar-refractivity contribution in [2.24, 2.45) is 0 Å². The standard InChI is InChI=1S/C15H22BrNO4S/c1-4-7-20-15-8-13(5-6-14(15)16)22(18,19)17-9-11(2)21-12(3)10-17/h5-6,8,11-12H,4,7,9-10H2,1-3H3/t11-,12+. The van der Waals surface area contributed by atoms with Crippen LogP contribution in [0.1, 0.15) is 27.2 Å². The van der Waals surface area contributed by atoms with Gasteiger partial charge >= 0.3 is 0 Å². The lowest BCUT2D eigenvalue weighted by atomic mass is 10.3. The molecule has 1 fully saturated rings. The Balaban J connectivity index is 2.29. The molecular weight excluding hydrogens is 370 g/mol. The Morgan fingerprint density at radius 1 is 1.32 bits per heavy atom. The van der Waals surface area contributed by atoms with Crippen LogP contribution in [-0.2, 0) is 14.8 Å². The van der Waals surface area contributed by atoms with Gasteiger partial charge in [-0.2, -0.15) is 4.31 Å². The van der Waals surface area contributed by atoms with Crippen LogP contribution in [0, 0.1) is 0 Å². The van der Waals surface area contributed by atoms with Crippen molar-refractivity contribution in [1.29, 1.82) is 0 Å². The largest absolute Gasteiger partial charge is 0.492 e. The van der Waals surface area contributed by atoms with E-state index in [4.69, 9.17) is 9.47 Å². The van der Waals surface area contributed by atoms with E-state index in [2.05, 4.69) is 15.9 Å². The number of morpholine rings is 1. The molecule has 2 atom stereocenters. The van der Waals surface area contributed by atoms with Crippen molar-refractivity contribution in [1.82, 2.24) is 4.31 Å². The highest BCUT2D eigenvalue weighted by atomic mass is 79.9. The second-order valence-corrected chi connectivity index (χ2v) is 8.31. The Morgan fingerprint density at radius 3 is 2.55 bits per heavy atom. The van der Waals surface area contributed by atoms with E-state index in [1.165, 1.54) is 4.31 Å². The van der Waals surface area contributed by atoms with Gasteiger partial charge in [0.2, 0.25) is 10.0 Å². The summed E-state index contributed by atoms with van der Waals surface area (Å²) in [5, 5.41) is 0. The normalized spacial score (nSPS) is 23.5. The second-order valence-electron chi connectivity index (χ2n) is 5.52. The monoisotopic (exact) mass is 391 g/mol. The summed E-state index contributed by atoms with van der Waals surface area (Å²) in [4.78, 5) is 0.253. The van der Waals surface area contributed by atoms with Crippen LogP contribution in [0.15, 0.2) is 27.6 Å². The quantitative estimate of drug-likeness (QED) is 0.773. The highest BCUT2D eigenvalue weighted by Gasteiger charge is 2.32. The molecule has 0 bridgehead atoms. The Bertz CT molecular complexity index is 610. The summed E-state index contributed by atoms with van der Waals surface area (Å²) in [6.45, 7) is 7.06. The lowest BCUT2D eigenvalue weighted by molar-refractivity contribution is -0.0440. The van der Waals surface area contributed by atoms with E-state index in [1.807, 2.05) is 20.8 Å². The average molecular weight is 392 g/mol. The van der Waals surface area contributed by atoms with Gasteiger partial charge in [-0.1, -0.05) is 6.92 Å². The fourth-order valence-electron chi connectivity index (χ4n) is 2.44. The zero-order chi connectivity index (χ0) is 16.3. The molecule has 1 aliphatic rings. The lowest BCUT2D eigenvalue weighted by Gasteiger charge is -2.34. The molecule has 0 amide bonds. The minimum Gasteiger partial charge on any atom is -0.492 e. The third-order valence-corrected chi connectivity index (χ3v) is 5.87. The van der Waals surface area contributed by atoms with Gasteiger partial charge in [-0.25, -0.2) is 8.42 Å². The molecule has 1 aromatic carbocycles.